The van der Waals surface area contributed by atoms with Gasteiger partial charge in [0.05, 0.1) is 11.1 Å². The van der Waals surface area contributed by atoms with Crippen molar-refractivity contribution in [1.82, 2.24) is 5.32 Å². The Morgan fingerprint density at radius 1 is 1.19 bits per heavy atom. The Balaban J connectivity index is 2.06. The van der Waals surface area contributed by atoms with Gasteiger partial charge in [-0.3, -0.25) is 0 Å². The molecule has 1 atom stereocenters. The average Bonchev–Trinajstić information content (AvgIpc) is 2.86. The smallest absolute Gasteiger partial charge is 0.134 e. The van der Waals surface area contributed by atoms with E-state index >= 15 is 0 Å². The summed E-state index contributed by atoms with van der Waals surface area (Å²) in [5.74, 6) is 0.444. The van der Waals surface area contributed by atoms with Crippen LogP contribution >= 0.6 is 27.5 Å². The van der Waals surface area contributed by atoms with Crippen LogP contribution in [0.1, 0.15) is 17.4 Å². The van der Waals surface area contributed by atoms with Gasteiger partial charge in [-0.25, -0.2) is 4.39 Å². The molecule has 5 heteroatoms. The van der Waals surface area contributed by atoms with E-state index in [-0.39, 0.29) is 11.9 Å². The van der Waals surface area contributed by atoms with Crippen molar-refractivity contribution in [3.63, 3.8) is 0 Å². The summed E-state index contributed by atoms with van der Waals surface area (Å²) in [4.78, 5) is 0. The molecule has 21 heavy (non-hydrogen) atoms. The number of halogens is 3. The Morgan fingerprint density at radius 2 is 2.00 bits per heavy atom. The minimum Gasteiger partial charge on any atom is -0.459 e. The van der Waals surface area contributed by atoms with Gasteiger partial charge >= 0.3 is 0 Å². The van der Waals surface area contributed by atoms with Crippen LogP contribution in [0.3, 0.4) is 0 Å². The Kier molecular flexibility index (Phi) is 4.02. The molecule has 1 aromatic heterocycles. The highest BCUT2D eigenvalue weighted by Crippen LogP contribution is 2.31. The third-order valence-corrected chi connectivity index (χ3v) is 4.58. The lowest BCUT2D eigenvalue weighted by molar-refractivity contribution is 0.491. The predicted octanol–water partition coefficient (Wildman–Crippen LogP) is 5.30. The van der Waals surface area contributed by atoms with E-state index in [2.05, 4.69) is 21.2 Å². The molecule has 2 nitrogen and oxygen atoms in total. The number of benzene rings is 2. The van der Waals surface area contributed by atoms with Crippen LogP contribution in [0.25, 0.3) is 11.0 Å². The minimum absolute atomic E-state index is 0.147. The van der Waals surface area contributed by atoms with Crippen LogP contribution in [0, 0.1) is 5.82 Å². The summed E-state index contributed by atoms with van der Waals surface area (Å²) >= 11 is 9.52. The highest BCUT2D eigenvalue weighted by molar-refractivity contribution is 9.10. The number of fused-ring (bicyclic) bond motifs is 1. The maximum Gasteiger partial charge on any atom is 0.134 e. The highest BCUT2D eigenvalue weighted by Gasteiger charge is 2.18. The summed E-state index contributed by atoms with van der Waals surface area (Å²) in [6, 6.07) is 11.9. The van der Waals surface area contributed by atoms with Crippen LogP contribution in [0.5, 0.6) is 0 Å². The van der Waals surface area contributed by atoms with Gasteiger partial charge in [-0.2, -0.15) is 0 Å². The molecule has 0 fully saturated rings. The number of hydrogen-bond acceptors (Lipinski definition) is 2. The van der Waals surface area contributed by atoms with Crippen molar-refractivity contribution >= 4 is 38.5 Å². The number of rotatable bonds is 3. The fourth-order valence-electron chi connectivity index (χ4n) is 2.34. The van der Waals surface area contributed by atoms with Crippen LogP contribution in [-0.2, 0) is 0 Å². The third kappa shape index (κ3) is 2.84. The maximum absolute atomic E-state index is 13.3. The fraction of sp³-hybridized carbons (Fsp3) is 0.125. The van der Waals surface area contributed by atoms with Crippen LogP contribution in [0.2, 0.25) is 5.02 Å². The standard InChI is InChI=1S/C16H12BrClFNO/c1-20-16(9-2-4-12(17)13(18)7-9)15-8-10-6-11(19)3-5-14(10)21-15/h2-8,16,20H,1H3. The first-order valence-electron chi connectivity index (χ1n) is 6.39. The van der Waals surface area contributed by atoms with E-state index in [9.17, 15) is 4.39 Å². The van der Waals surface area contributed by atoms with Crippen molar-refractivity contribution in [2.75, 3.05) is 7.05 Å². The van der Waals surface area contributed by atoms with E-state index in [1.165, 1.54) is 12.1 Å². The van der Waals surface area contributed by atoms with Crippen LogP contribution in [-0.4, -0.2) is 7.05 Å². The monoisotopic (exact) mass is 367 g/mol. The van der Waals surface area contributed by atoms with Gasteiger partial charge in [-0.1, -0.05) is 17.7 Å². The van der Waals surface area contributed by atoms with Gasteiger partial charge < -0.3 is 9.73 Å². The molecular weight excluding hydrogens is 357 g/mol. The van der Waals surface area contributed by atoms with Crippen molar-refractivity contribution in [1.29, 1.82) is 0 Å². The lowest BCUT2D eigenvalue weighted by Gasteiger charge is -2.14. The summed E-state index contributed by atoms with van der Waals surface area (Å²) in [5.41, 5.74) is 1.64. The molecule has 0 radical (unpaired) electrons. The minimum atomic E-state index is -0.275. The molecule has 0 spiro atoms. The van der Waals surface area contributed by atoms with E-state index < -0.39 is 0 Å². The molecule has 3 rings (SSSR count). The van der Waals surface area contributed by atoms with Gasteiger partial charge in [0.2, 0.25) is 0 Å². The molecule has 0 aliphatic carbocycles. The molecule has 1 heterocycles. The maximum atomic E-state index is 13.3. The fourth-order valence-corrected chi connectivity index (χ4v) is 2.78. The predicted molar refractivity (Wildman–Crippen MR) is 86.2 cm³/mol. The normalized spacial score (nSPS) is 12.8. The van der Waals surface area contributed by atoms with E-state index in [1.807, 2.05) is 31.3 Å². The Morgan fingerprint density at radius 3 is 2.71 bits per heavy atom. The van der Waals surface area contributed by atoms with Crippen LogP contribution < -0.4 is 5.32 Å². The van der Waals surface area contributed by atoms with Gasteiger partial charge in [0.25, 0.3) is 0 Å². The molecule has 0 aliphatic heterocycles. The van der Waals surface area contributed by atoms with E-state index in [0.717, 1.165) is 21.2 Å². The number of hydrogen-bond donors (Lipinski definition) is 1. The molecule has 1 N–H and O–H groups in total. The second kappa shape index (κ2) is 5.79. The first kappa shape index (κ1) is 14.6. The topological polar surface area (TPSA) is 25.2 Å². The zero-order chi connectivity index (χ0) is 15.0. The first-order valence-corrected chi connectivity index (χ1v) is 7.57. The number of nitrogens with one attached hydrogen (secondary N) is 1. The lowest BCUT2D eigenvalue weighted by atomic mass is 10.0. The van der Waals surface area contributed by atoms with Crippen molar-refractivity contribution in [2.24, 2.45) is 0 Å². The molecule has 1 unspecified atom stereocenters. The zero-order valence-corrected chi connectivity index (χ0v) is 13.5. The van der Waals surface area contributed by atoms with E-state index in [4.69, 9.17) is 16.0 Å². The SMILES string of the molecule is CNC(c1ccc(Br)c(Cl)c1)c1cc2cc(F)ccc2o1. The second-order valence-electron chi connectivity index (χ2n) is 4.73. The summed E-state index contributed by atoms with van der Waals surface area (Å²) in [6.45, 7) is 0. The van der Waals surface area contributed by atoms with Gasteiger partial charge in [0, 0.05) is 9.86 Å². The van der Waals surface area contributed by atoms with Crippen molar-refractivity contribution < 1.29 is 8.81 Å². The molecule has 0 saturated heterocycles. The van der Waals surface area contributed by atoms with Gasteiger partial charge in [-0.15, -0.1) is 0 Å². The molecule has 2 aromatic carbocycles. The zero-order valence-electron chi connectivity index (χ0n) is 11.2. The summed E-state index contributed by atoms with van der Waals surface area (Å²) < 4.78 is 19.9. The van der Waals surface area contributed by atoms with Gasteiger partial charge in [0.15, 0.2) is 0 Å². The van der Waals surface area contributed by atoms with E-state index in [0.29, 0.717) is 10.6 Å². The summed E-state index contributed by atoms with van der Waals surface area (Å²) in [6.07, 6.45) is 0. The van der Waals surface area contributed by atoms with Crippen molar-refractivity contribution in [2.45, 2.75) is 6.04 Å². The highest BCUT2D eigenvalue weighted by atomic mass is 79.9. The summed E-state index contributed by atoms with van der Waals surface area (Å²) in [7, 11) is 1.84. The first-order chi connectivity index (χ1) is 10.1. The Hall–Kier alpha value is -1.36. The second-order valence-corrected chi connectivity index (χ2v) is 5.99. The third-order valence-electron chi connectivity index (χ3n) is 3.35. The number of furan rings is 1. The molecule has 0 amide bonds. The average molecular weight is 369 g/mol. The molecule has 0 aliphatic rings. The van der Waals surface area contributed by atoms with Crippen LogP contribution in [0.15, 0.2) is 51.4 Å². The van der Waals surface area contributed by atoms with E-state index in [1.54, 1.807) is 6.07 Å². The molecule has 0 bridgehead atoms. The summed E-state index contributed by atoms with van der Waals surface area (Å²) in [5, 5.41) is 4.57. The molecule has 108 valence electrons. The Bertz CT molecular complexity index is 802. The van der Waals surface area contributed by atoms with Crippen LogP contribution in [0.4, 0.5) is 4.39 Å². The quantitative estimate of drug-likeness (QED) is 0.679. The lowest BCUT2D eigenvalue weighted by Crippen LogP contribution is -2.16. The van der Waals surface area contributed by atoms with Crippen molar-refractivity contribution in [3.8, 4) is 0 Å². The largest absolute Gasteiger partial charge is 0.459 e. The molecular formula is C16H12BrClFNO. The molecule has 0 saturated carbocycles. The molecule has 3 aromatic rings. The Labute approximate surface area is 135 Å². The van der Waals surface area contributed by atoms with Crippen molar-refractivity contribution in [3.05, 3.63) is 69.1 Å². The van der Waals surface area contributed by atoms with Gasteiger partial charge in [-0.05, 0) is 64.9 Å². The van der Waals surface area contributed by atoms with Gasteiger partial charge in [0.1, 0.15) is 17.2 Å².